The lowest BCUT2D eigenvalue weighted by Gasteiger charge is -2.07. The van der Waals surface area contributed by atoms with Gasteiger partial charge in [-0.05, 0) is 12.1 Å². The smallest absolute Gasteiger partial charge is 0.258 e. The number of nitrogens with two attached hydrogens (primary N) is 1. The molecular weight excluding hydrogens is 243 g/mol. The molecule has 0 aromatic heterocycles. The number of primary amides is 1. The molecule has 0 saturated heterocycles. The van der Waals surface area contributed by atoms with E-state index < -0.39 is 28.9 Å². The number of rotatable bonds is 6. The van der Waals surface area contributed by atoms with Gasteiger partial charge in [0.05, 0.1) is 6.61 Å². The minimum Gasteiger partial charge on any atom is -0.507 e. The second-order valence-electron chi connectivity index (χ2n) is 3.41. The molecule has 0 spiro atoms. The van der Waals surface area contributed by atoms with E-state index in [4.69, 9.17) is 10.5 Å². The van der Waals surface area contributed by atoms with Gasteiger partial charge in [0.15, 0.2) is 0 Å². The maximum atomic E-state index is 13.3. The molecule has 18 heavy (non-hydrogen) atoms. The van der Waals surface area contributed by atoms with Crippen LogP contribution < -0.4 is 11.1 Å². The molecule has 1 aromatic carbocycles. The minimum atomic E-state index is -0.814. The van der Waals surface area contributed by atoms with Crippen LogP contribution in [0.2, 0.25) is 0 Å². The highest BCUT2D eigenvalue weighted by Gasteiger charge is 2.15. The minimum absolute atomic E-state index is 0.0594. The predicted molar refractivity (Wildman–Crippen MR) is 60.4 cm³/mol. The lowest BCUT2D eigenvalue weighted by molar-refractivity contribution is -0.122. The summed E-state index contributed by atoms with van der Waals surface area (Å²) in [5.41, 5.74) is 4.41. The van der Waals surface area contributed by atoms with Crippen molar-refractivity contribution in [2.45, 2.75) is 0 Å². The van der Waals surface area contributed by atoms with Crippen LogP contribution in [0.15, 0.2) is 18.2 Å². The summed E-state index contributed by atoms with van der Waals surface area (Å²) in [4.78, 5) is 21.9. The first kappa shape index (κ1) is 13.9. The predicted octanol–water partition coefficient (Wildman–Crippen LogP) is -0.237. The lowest BCUT2D eigenvalue weighted by Crippen LogP contribution is -2.29. The Morgan fingerprint density at radius 1 is 1.44 bits per heavy atom. The van der Waals surface area contributed by atoms with Crippen molar-refractivity contribution in [3.63, 3.8) is 0 Å². The summed E-state index contributed by atoms with van der Waals surface area (Å²) in [5, 5.41) is 11.7. The highest BCUT2D eigenvalue weighted by Crippen LogP contribution is 2.19. The fourth-order valence-electron chi connectivity index (χ4n) is 1.24. The zero-order chi connectivity index (χ0) is 13.5. The van der Waals surface area contributed by atoms with E-state index in [1.807, 2.05) is 0 Å². The lowest BCUT2D eigenvalue weighted by atomic mass is 10.2. The third-order valence-corrected chi connectivity index (χ3v) is 1.99. The number of aromatic hydroxyl groups is 1. The van der Waals surface area contributed by atoms with Crippen molar-refractivity contribution in [3.05, 3.63) is 29.6 Å². The molecule has 0 heterocycles. The van der Waals surface area contributed by atoms with Crippen molar-refractivity contribution in [1.29, 1.82) is 0 Å². The summed E-state index contributed by atoms with van der Waals surface area (Å²) < 4.78 is 18.1. The summed E-state index contributed by atoms with van der Waals surface area (Å²) >= 11 is 0. The zero-order valence-corrected chi connectivity index (χ0v) is 9.48. The molecule has 2 amide bonds. The number of benzene rings is 1. The average Bonchev–Trinajstić information content (AvgIpc) is 2.27. The summed E-state index contributed by atoms with van der Waals surface area (Å²) in [6.07, 6.45) is 0. The standard InChI is InChI=1S/C11H13FN2O4/c12-7-2-1-3-8(15)10(7)11(17)14-4-5-18-6-9(13)16/h1-3,15H,4-6H2,(H2,13,16)(H,14,17). The number of phenolic OH excluding ortho intramolecular Hbond substituents is 1. The molecule has 0 fully saturated rings. The zero-order valence-electron chi connectivity index (χ0n) is 9.48. The largest absolute Gasteiger partial charge is 0.507 e. The number of nitrogens with one attached hydrogen (secondary N) is 1. The fraction of sp³-hybridized carbons (Fsp3) is 0.273. The Hall–Kier alpha value is -2.15. The van der Waals surface area contributed by atoms with Crippen LogP contribution in [0.5, 0.6) is 5.75 Å². The topological polar surface area (TPSA) is 102 Å². The first-order valence-corrected chi connectivity index (χ1v) is 5.14. The molecule has 0 radical (unpaired) electrons. The van der Waals surface area contributed by atoms with Crippen LogP contribution in [0.1, 0.15) is 10.4 Å². The molecule has 0 atom stereocenters. The van der Waals surface area contributed by atoms with Crippen molar-refractivity contribution in [2.75, 3.05) is 19.8 Å². The van der Waals surface area contributed by atoms with Gasteiger partial charge in [-0.25, -0.2) is 4.39 Å². The van der Waals surface area contributed by atoms with Gasteiger partial charge in [-0.3, -0.25) is 9.59 Å². The van der Waals surface area contributed by atoms with Gasteiger partial charge in [-0.2, -0.15) is 0 Å². The Kier molecular flexibility index (Phi) is 5.06. The van der Waals surface area contributed by atoms with Crippen LogP contribution in [0.4, 0.5) is 4.39 Å². The molecule has 0 aliphatic carbocycles. The quantitative estimate of drug-likeness (QED) is 0.611. The van der Waals surface area contributed by atoms with Gasteiger partial charge in [0.25, 0.3) is 5.91 Å². The van der Waals surface area contributed by atoms with Crippen LogP contribution in [0.25, 0.3) is 0 Å². The van der Waals surface area contributed by atoms with Crippen molar-refractivity contribution in [3.8, 4) is 5.75 Å². The van der Waals surface area contributed by atoms with Crippen LogP contribution in [0.3, 0.4) is 0 Å². The highest BCUT2D eigenvalue weighted by molar-refractivity contribution is 5.97. The van der Waals surface area contributed by atoms with Crippen LogP contribution >= 0.6 is 0 Å². The van der Waals surface area contributed by atoms with E-state index in [9.17, 15) is 19.1 Å². The van der Waals surface area contributed by atoms with Gasteiger partial charge in [0, 0.05) is 6.54 Å². The van der Waals surface area contributed by atoms with Gasteiger partial charge in [0.1, 0.15) is 23.7 Å². The van der Waals surface area contributed by atoms with Crippen molar-refractivity contribution < 1.29 is 23.8 Å². The van der Waals surface area contributed by atoms with Gasteiger partial charge in [0.2, 0.25) is 5.91 Å². The molecule has 4 N–H and O–H groups in total. The third kappa shape index (κ3) is 4.02. The average molecular weight is 256 g/mol. The van der Waals surface area contributed by atoms with Gasteiger partial charge in [-0.1, -0.05) is 6.07 Å². The van der Waals surface area contributed by atoms with E-state index in [-0.39, 0.29) is 19.8 Å². The Balaban J connectivity index is 2.44. The van der Waals surface area contributed by atoms with Crippen molar-refractivity contribution in [2.24, 2.45) is 5.73 Å². The number of halogens is 1. The molecule has 0 saturated carbocycles. The number of carbonyl (C=O) groups excluding carboxylic acids is 2. The number of hydrogen-bond acceptors (Lipinski definition) is 4. The Morgan fingerprint density at radius 2 is 2.17 bits per heavy atom. The van der Waals surface area contributed by atoms with Crippen LogP contribution in [0, 0.1) is 5.82 Å². The van der Waals surface area contributed by atoms with Gasteiger partial charge < -0.3 is 20.9 Å². The molecule has 98 valence electrons. The monoisotopic (exact) mass is 256 g/mol. The second-order valence-corrected chi connectivity index (χ2v) is 3.41. The van der Waals surface area contributed by atoms with E-state index >= 15 is 0 Å². The number of hydrogen-bond donors (Lipinski definition) is 3. The van der Waals surface area contributed by atoms with Crippen molar-refractivity contribution >= 4 is 11.8 Å². The van der Waals surface area contributed by atoms with E-state index in [0.717, 1.165) is 6.07 Å². The summed E-state index contributed by atoms with van der Waals surface area (Å²) in [5.74, 6) is -2.63. The van der Waals surface area contributed by atoms with E-state index in [2.05, 4.69) is 5.32 Å². The number of phenols is 1. The van der Waals surface area contributed by atoms with E-state index in [0.29, 0.717) is 0 Å². The molecule has 6 nitrogen and oxygen atoms in total. The number of carbonyl (C=O) groups is 2. The van der Waals surface area contributed by atoms with E-state index in [1.165, 1.54) is 12.1 Å². The summed E-state index contributed by atoms with van der Waals surface area (Å²) in [7, 11) is 0. The maximum absolute atomic E-state index is 13.3. The fourth-order valence-corrected chi connectivity index (χ4v) is 1.24. The molecular formula is C11H13FN2O4. The Labute approximate surface area is 103 Å². The third-order valence-electron chi connectivity index (χ3n) is 1.99. The maximum Gasteiger partial charge on any atom is 0.258 e. The molecule has 0 aliphatic heterocycles. The second kappa shape index (κ2) is 6.55. The van der Waals surface area contributed by atoms with Crippen molar-refractivity contribution in [1.82, 2.24) is 5.32 Å². The first-order chi connectivity index (χ1) is 8.52. The molecule has 0 aliphatic rings. The summed E-state index contributed by atoms with van der Waals surface area (Å²) in [6.45, 7) is -0.120. The normalized spacial score (nSPS) is 10.1. The van der Waals surface area contributed by atoms with Crippen LogP contribution in [-0.4, -0.2) is 36.7 Å². The van der Waals surface area contributed by atoms with Crippen LogP contribution in [-0.2, 0) is 9.53 Å². The Morgan fingerprint density at radius 3 is 2.78 bits per heavy atom. The summed E-state index contributed by atoms with van der Waals surface area (Å²) in [6, 6.07) is 3.57. The van der Waals surface area contributed by atoms with E-state index in [1.54, 1.807) is 0 Å². The Bertz CT molecular complexity index is 430. The molecule has 0 unspecified atom stereocenters. The molecule has 1 aromatic rings. The highest BCUT2D eigenvalue weighted by atomic mass is 19.1. The first-order valence-electron chi connectivity index (χ1n) is 5.14. The van der Waals surface area contributed by atoms with Gasteiger partial charge >= 0.3 is 0 Å². The SMILES string of the molecule is NC(=O)COCCNC(=O)c1c(O)cccc1F. The molecule has 1 rings (SSSR count). The number of ether oxygens (including phenoxy) is 1. The molecule has 7 heteroatoms. The molecule has 0 bridgehead atoms. The number of amides is 2. The van der Waals surface area contributed by atoms with Gasteiger partial charge in [-0.15, -0.1) is 0 Å².